The van der Waals surface area contributed by atoms with Crippen LogP contribution >= 0.6 is 27.3 Å². The van der Waals surface area contributed by atoms with Crippen LogP contribution in [0.2, 0.25) is 0 Å². The smallest absolute Gasteiger partial charge is 0.0393 e. The molecule has 0 N–H and O–H groups in total. The van der Waals surface area contributed by atoms with Crippen molar-refractivity contribution in [3.05, 3.63) is 33.6 Å². The number of unbranched alkanes of at least 4 members (excludes halogenated alkanes) is 3. The molecule has 0 saturated heterocycles. The molecule has 0 radical (unpaired) electrons. The molecule has 86 valence electrons. The minimum absolute atomic E-state index is 1.22. The van der Waals surface area contributed by atoms with Crippen molar-refractivity contribution in [2.24, 2.45) is 0 Å². The summed E-state index contributed by atoms with van der Waals surface area (Å²) in [5, 5.41) is 1.37. The van der Waals surface area contributed by atoms with Gasteiger partial charge in [0.1, 0.15) is 0 Å². The van der Waals surface area contributed by atoms with Gasteiger partial charge in [0.25, 0.3) is 0 Å². The van der Waals surface area contributed by atoms with E-state index >= 15 is 0 Å². The minimum Gasteiger partial charge on any atom is -0.139 e. The topological polar surface area (TPSA) is 0 Å². The van der Waals surface area contributed by atoms with E-state index in [1.54, 1.807) is 0 Å². The Labute approximate surface area is 110 Å². The molecule has 0 spiro atoms. The average Bonchev–Trinajstić information content (AvgIpc) is 2.63. The van der Waals surface area contributed by atoms with Crippen LogP contribution in [0.5, 0.6) is 0 Å². The third-order valence-corrected chi connectivity index (χ3v) is 5.26. The summed E-state index contributed by atoms with van der Waals surface area (Å²) in [5.41, 5.74) is 0. The zero-order chi connectivity index (χ0) is 11.4. The normalized spacial score (nSPS) is 11.1. The number of aryl methyl sites for hydroxylation is 1. The second kappa shape index (κ2) is 5.83. The van der Waals surface area contributed by atoms with Crippen LogP contribution in [0.1, 0.15) is 37.5 Å². The number of halogens is 1. The highest BCUT2D eigenvalue weighted by Crippen LogP contribution is 2.36. The molecule has 0 nitrogen and oxygen atoms in total. The molecule has 16 heavy (non-hydrogen) atoms. The summed E-state index contributed by atoms with van der Waals surface area (Å²) in [5.74, 6) is 0. The van der Waals surface area contributed by atoms with E-state index in [1.807, 2.05) is 11.3 Å². The van der Waals surface area contributed by atoms with E-state index < -0.39 is 0 Å². The first kappa shape index (κ1) is 12.1. The Kier molecular flexibility index (Phi) is 4.42. The van der Waals surface area contributed by atoms with Gasteiger partial charge >= 0.3 is 0 Å². The van der Waals surface area contributed by atoms with E-state index in [9.17, 15) is 0 Å². The Bertz CT molecular complexity index is 459. The summed E-state index contributed by atoms with van der Waals surface area (Å²) >= 11 is 5.67. The van der Waals surface area contributed by atoms with Crippen LogP contribution in [0.4, 0.5) is 0 Å². The first-order chi connectivity index (χ1) is 7.83. The molecule has 0 bridgehead atoms. The van der Waals surface area contributed by atoms with Gasteiger partial charge in [-0.05, 0) is 34.8 Å². The fourth-order valence-electron chi connectivity index (χ4n) is 1.94. The highest BCUT2D eigenvalue weighted by atomic mass is 79.9. The zero-order valence-corrected chi connectivity index (χ0v) is 12.0. The number of hydrogen-bond acceptors (Lipinski definition) is 1. The Morgan fingerprint density at radius 2 is 1.94 bits per heavy atom. The number of fused-ring (bicyclic) bond motifs is 1. The number of benzene rings is 1. The van der Waals surface area contributed by atoms with E-state index in [4.69, 9.17) is 0 Å². The first-order valence-corrected chi connectivity index (χ1v) is 7.59. The van der Waals surface area contributed by atoms with Crippen molar-refractivity contribution in [1.82, 2.24) is 0 Å². The summed E-state index contributed by atoms with van der Waals surface area (Å²) in [6.45, 7) is 2.26. The lowest BCUT2D eigenvalue weighted by Gasteiger charge is -1.98. The van der Waals surface area contributed by atoms with E-state index in [1.165, 1.54) is 51.5 Å². The summed E-state index contributed by atoms with van der Waals surface area (Å²) in [6.07, 6.45) is 6.58. The Balaban J connectivity index is 2.09. The molecular weight excluding hydrogens is 280 g/mol. The van der Waals surface area contributed by atoms with E-state index in [-0.39, 0.29) is 0 Å². The maximum Gasteiger partial charge on any atom is 0.0393 e. The molecule has 0 aliphatic carbocycles. The Morgan fingerprint density at radius 1 is 1.12 bits per heavy atom. The van der Waals surface area contributed by atoms with Crippen molar-refractivity contribution in [3.8, 4) is 0 Å². The third kappa shape index (κ3) is 2.67. The van der Waals surface area contributed by atoms with Crippen molar-refractivity contribution < 1.29 is 0 Å². The van der Waals surface area contributed by atoms with E-state index in [0.29, 0.717) is 0 Å². The van der Waals surface area contributed by atoms with Crippen LogP contribution in [-0.4, -0.2) is 0 Å². The fourth-order valence-corrected chi connectivity index (χ4v) is 3.99. The molecule has 2 aromatic rings. The SMILES string of the molecule is CCCCCCc1sc2ccccc2c1Br. The lowest BCUT2D eigenvalue weighted by molar-refractivity contribution is 0.669. The van der Waals surface area contributed by atoms with Crippen LogP contribution in [0, 0.1) is 0 Å². The van der Waals surface area contributed by atoms with Crippen LogP contribution in [0.15, 0.2) is 28.7 Å². The van der Waals surface area contributed by atoms with E-state index in [2.05, 4.69) is 47.1 Å². The Hall–Kier alpha value is -0.340. The summed E-state index contributed by atoms with van der Waals surface area (Å²) in [7, 11) is 0. The molecule has 1 aromatic heterocycles. The molecule has 2 rings (SSSR count). The minimum atomic E-state index is 1.22. The monoisotopic (exact) mass is 296 g/mol. The molecule has 2 heteroatoms. The number of rotatable bonds is 5. The van der Waals surface area contributed by atoms with Crippen molar-refractivity contribution in [2.45, 2.75) is 39.0 Å². The highest BCUT2D eigenvalue weighted by molar-refractivity contribution is 9.10. The molecule has 0 unspecified atom stereocenters. The molecule has 0 atom stereocenters. The third-order valence-electron chi connectivity index (χ3n) is 2.86. The number of hydrogen-bond donors (Lipinski definition) is 0. The van der Waals surface area contributed by atoms with Crippen molar-refractivity contribution in [2.75, 3.05) is 0 Å². The maximum absolute atomic E-state index is 3.73. The molecule has 0 fully saturated rings. The quantitative estimate of drug-likeness (QED) is 0.613. The van der Waals surface area contributed by atoms with Crippen LogP contribution in [-0.2, 0) is 6.42 Å². The van der Waals surface area contributed by atoms with Crippen LogP contribution < -0.4 is 0 Å². The lowest BCUT2D eigenvalue weighted by atomic mass is 10.1. The largest absolute Gasteiger partial charge is 0.139 e. The van der Waals surface area contributed by atoms with Crippen molar-refractivity contribution >= 4 is 37.4 Å². The highest BCUT2D eigenvalue weighted by Gasteiger charge is 2.08. The number of thiophene rings is 1. The van der Waals surface area contributed by atoms with Gasteiger partial charge in [0, 0.05) is 19.4 Å². The lowest BCUT2D eigenvalue weighted by Crippen LogP contribution is -1.82. The second-order valence-corrected chi connectivity index (χ2v) is 6.08. The van der Waals surface area contributed by atoms with Gasteiger partial charge in [-0.2, -0.15) is 0 Å². The first-order valence-electron chi connectivity index (χ1n) is 5.99. The zero-order valence-electron chi connectivity index (χ0n) is 9.63. The fraction of sp³-hybridized carbons (Fsp3) is 0.429. The van der Waals surface area contributed by atoms with Gasteiger partial charge in [-0.3, -0.25) is 0 Å². The van der Waals surface area contributed by atoms with Crippen LogP contribution in [0.3, 0.4) is 0 Å². The van der Waals surface area contributed by atoms with Crippen molar-refractivity contribution in [3.63, 3.8) is 0 Å². The van der Waals surface area contributed by atoms with Gasteiger partial charge in [-0.1, -0.05) is 44.4 Å². The predicted molar refractivity (Wildman–Crippen MR) is 77.4 cm³/mol. The molecule has 1 aromatic carbocycles. The van der Waals surface area contributed by atoms with Gasteiger partial charge in [0.2, 0.25) is 0 Å². The molecule has 1 heterocycles. The molecule has 0 aliphatic heterocycles. The van der Waals surface area contributed by atoms with Gasteiger partial charge < -0.3 is 0 Å². The van der Waals surface area contributed by atoms with Gasteiger partial charge in [-0.15, -0.1) is 11.3 Å². The Morgan fingerprint density at radius 3 is 2.69 bits per heavy atom. The van der Waals surface area contributed by atoms with Crippen LogP contribution in [0.25, 0.3) is 10.1 Å². The van der Waals surface area contributed by atoms with Gasteiger partial charge in [-0.25, -0.2) is 0 Å². The maximum atomic E-state index is 3.73. The molecule has 0 aliphatic rings. The molecule has 0 saturated carbocycles. The summed E-state index contributed by atoms with van der Waals surface area (Å²) < 4.78 is 2.73. The second-order valence-electron chi connectivity index (χ2n) is 4.15. The van der Waals surface area contributed by atoms with Gasteiger partial charge in [0.05, 0.1) is 0 Å². The average molecular weight is 297 g/mol. The molecule has 0 amide bonds. The standard InChI is InChI=1S/C14H17BrS/c1-2-3-4-5-10-13-14(15)11-8-6-7-9-12(11)16-13/h6-9H,2-5,10H2,1H3. The summed E-state index contributed by atoms with van der Waals surface area (Å²) in [6, 6.07) is 8.64. The van der Waals surface area contributed by atoms with E-state index in [0.717, 1.165) is 0 Å². The predicted octanol–water partition coefficient (Wildman–Crippen LogP) is 5.79. The van der Waals surface area contributed by atoms with Gasteiger partial charge in [0.15, 0.2) is 0 Å². The summed E-state index contributed by atoms with van der Waals surface area (Å²) in [4.78, 5) is 1.51. The van der Waals surface area contributed by atoms with Crippen molar-refractivity contribution in [1.29, 1.82) is 0 Å². The molecular formula is C14H17BrS.